The maximum Gasteiger partial charge on any atom is 0.416 e. The van der Waals surface area contributed by atoms with Crippen molar-refractivity contribution < 1.29 is 30.4 Å². The number of aromatic nitrogens is 2. The number of hydrogen-bond acceptors (Lipinski definition) is 6. The molecule has 1 aliphatic heterocycles. The topological polar surface area (TPSA) is 78.4 Å². The summed E-state index contributed by atoms with van der Waals surface area (Å²) in [5.41, 5.74) is -0.573. The molecule has 0 bridgehead atoms. The second-order valence-corrected chi connectivity index (χ2v) is 11.9. The Morgan fingerprint density at radius 1 is 1.12 bits per heavy atom. The van der Waals surface area contributed by atoms with E-state index in [1.807, 2.05) is 23.7 Å². The summed E-state index contributed by atoms with van der Waals surface area (Å²) in [6.45, 7) is 0.823. The van der Waals surface area contributed by atoms with Gasteiger partial charge in [-0.1, -0.05) is 17.7 Å². The van der Waals surface area contributed by atoms with Crippen molar-refractivity contribution in [3.8, 4) is 0 Å². The third-order valence-electron chi connectivity index (χ3n) is 7.18. The van der Waals surface area contributed by atoms with Crippen molar-refractivity contribution >= 4 is 33.1 Å². The number of likely N-dealkylation sites (N-methyl/N-ethyl adjacent to an activating group) is 1. The number of benzene rings is 2. The molecule has 0 radical (unpaired) electrons. The largest absolute Gasteiger partial charge is 0.416 e. The van der Waals surface area contributed by atoms with Crippen LogP contribution in [0.4, 0.5) is 33.5 Å². The minimum atomic E-state index is -4.61. The van der Waals surface area contributed by atoms with Gasteiger partial charge in [-0.25, -0.2) is 27.2 Å². The van der Waals surface area contributed by atoms with Crippen molar-refractivity contribution in [1.29, 1.82) is 0 Å². The molecule has 1 saturated heterocycles. The van der Waals surface area contributed by atoms with E-state index in [0.29, 0.717) is 37.9 Å². The van der Waals surface area contributed by atoms with Gasteiger partial charge in [-0.05, 0) is 75.7 Å². The first kappa shape index (κ1) is 29.9. The van der Waals surface area contributed by atoms with Gasteiger partial charge in [0.15, 0.2) is 4.90 Å². The van der Waals surface area contributed by atoms with E-state index in [2.05, 4.69) is 9.97 Å². The fraction of sp³-hybridized carbons (Fsp3) is 0.385. The number of aryl methyl sites for hydroxylation is 1. The van der Waals surface area contributed by atoms with Crippen LogP contribution in [-0.2, 0) is 22.6 Å². The van der Waals surface area contributed by atoms with Crippen LogP contribution in [0.2, 0.25) is 5.02 Å². The van der Waals surface area contributed by atoms with Gasteiger partial charge in [-0.2, -0.15) is 13.2 Å². The number of halogens is 6. The van der Waals surface area contributed by atoms with E-state index >= 15 is 8.78 Å². The maximum atomic E-state index is 15.1. The lowest BCUT2D eigenvalue weighted by Gasteiger charge is -2.48. The van der Waals surface area contributed by atoms with Gasteiger partial charge in [0.2, 0.25) is 0 Å². The Morgan fingerprint density at radius 3 is 2.40 bits per heavy atom. The predicted molar refractivity (Wildman–Crippen MR) is 142 cm³/mol. The van der Waals surface area contributed by atoms with Gasteiger partial charge in [-0.3, -0.25) is 4.72 Å². The summed E-state index contributed by atoms with van der Waals surface area (Å²) >= 11 is 6.17. The molecule has 0 aliphatic carbocycles. The van der Waals surface area contributed by atoms with Gasteiger partial charge in [0.25, 0.3) is 10.0 Å². The molecule has 40 heavy (non-hydrogen) atoms. The number of piperidine rings is 1. The van der Waals surface area contributed by atoms with Crippen molar-refractivity contribution in [3.05, 3.63) is 76.7 Å². The summed E-state index contributed by atoms with van der Waals surface area (Å²) in [6.07, 6.45) is 0.167. The molecule has 7 nitrogen and oxygen atoms in total. The summed E-state index contributed by atoms with van der Waals surface area (Å²) in [5.74, 6) is -2.65. The zero-order valence-corrected chi connectivity index (χ0v) is 23.2. The molecule has 0 amide bonds. The van der Waals surface area contributed by atoms with Crippen molar-refractivity contribution in [2.75, 3.05) is 36.8 Å². The normalized spacial score (nSPS) is 18.3. The van der Waals surface area contributed by atoms with E-state index in [9.17, 15) is 21.6 Å². The molecule has 216 valence electrons. The summed E-state index contributed by atoms with van der Waals surface area (Å²) in [5, 5.41) is 0.0212. The summed E-state index contributed by atoms with van der Waals surface area (Å²) in [7, 11) is -0.877. The molecule has 0 unspecified atom stereocenters. The van der Waals surface area contributed by atoms with E-state index < -0.39 is 43.8 Å². The van der Waals surface area contributed by atoms with E-state index in [1.165, 1.54) is 18.3 Å². The summed E-state index contributed by atoms with van der Waals surface area (Å²) in [6, 6.07) is 6.49. The Hall–Kier alpha value is -3.03. The molecule has 1 aromatic heterocycles. The van der Waals surface area contributed by atoms with Gasteiger partial charge in [0, 0.05) is 35.5 Å². The van der Waals surface area contributed by atoms with E-state index in [1.54, 1.807) is 4.90 Å². The standard InChI is InChI=1S/C26H27ClF5N5O2S/c1-36(2)25(9-6-17-4-5-18(12-20(17)27)26(30,31)32)8-3-11-37(15-25)19-13-21(28)24(22(29)14-19)40(38,39)35-23-7-10-33-16-34-23/h4-5,7,10,12-14,16H,3,6,8-9,11,15H2,1-2H3,(H,33,34,35)/t25-/m1/s1. The van der Waals surface area contributed by atoms with Gasteiger partial charge in [0.05, 0.1) is 5.56 Å². The molecule has 1 aliphatic rings. The lowest BCUT2D eigenvalue weighted by atomic mass is 9.82. The van der Waals surface area contributed by atoms with Gasteiger partial charge in [-0.15, -0.1) is 0 Å². The van der Waals surface area contributed by atoms with E-state index in [0.717, 1.165) is 37.0 Å². The van der Waals surface area contributed by atoms with Crippen LogP contribution in [0.25, 0.3) is 0 Å². The number of alkyl halides is 3. The average Bonchev–Trinajstić information content (AvgIpc) is 2.87. The third-order valence-corrected chi connectivity index (χ3v) is 8.94. The molecule has 0 spiro atoms. The van der Waals surface area contributed by atoms with Crippen molar-refractivity contribution in [2.24, 2.45) is 0 Å². The van der Waals surface area contributed by atoms with Crippen LogP contribution in [0.3, 0.4) is 0 Å². The van der Waals surface area contributed by atoms with Crippen LogP contribution in [0.5, 0.6) is 0 Å². The Morgan fingerprint density at radius 2 is 1.82 bits per heavy atom. The molecule has 1 fully saturated rings. The molecule has 0 saturated carbocycles. The number of sulfonamides is 1. The highest BCUT2D eigenvalue weighted by Crippen LogP contribution is 2.37. The monoisotopic (exact) mass is 603 g/mol. The van der Waals surface area contributed by atoms with Crippen LogP contribution in [0, 0.1) is 11.6 Å². The summed E-state index contributed by atoms with van der Waals surface area (Å²) < 4.78 is 96.8. The molecular formula is C26H27ClF5N5O2S. The molecule has 2 aromatic carbocycles. The lowest BCUT2D eigenvalue weighted by Crippen LogP contribution is -2.56. The number of anilines is 2. The van der Waals surface area contributed by atoms with Gasteiger partial charge < -0.3 is 9.80 Å². The highest BCUT2D eigenvalue weighted by molar-refractivity contribution is 7.92. The van der Waals surface area contributed by atoms with Crippen LogP contribution < -0.4 is 9.62 Å². The number of nitrogens with zero attached hydrogens (tertiary/aromatic N) is 4. The van der Waals surface area contributed by atoms with Crippen LogP contribution in [0.1, 0.15) is 30.4 Å². The Bertz CT molecular complexity index is 1450. The minimum absolute atomic E-state index is 0.0212. The van der Waals surface area contributed by atoms with Crippen molar-refractivity contribution in [1.82, 2.24) is 14.9 Å². The average molecular weight is 604 g/mol. The predicted octanol–water partition coefficient (Wildman–Crippen LogP) is 5.76. The number of hydrogen-bond donors (Lipinski definition) is 1. The molecule has 14 heteroatoms. The highest BCUT2D eigenvalue weighted by atomic mass is 35.5. The fourth-order valence-corrected chi connectivity index (χ4v) is 6.35. The quantitative estimate of drug-likeness (QED) is 0.330. The Labute approximate surface area is 234 Å². The van der Waals surface area contributed by atoms with Crippen molar-refractivity contribution in [3.63, 3.8) is 0 Å². The molecule has 3 aromatic rings. The SMILES string of the molecule is CN(C)[C@@]1(CCc2ccc(C(F)(F)F)cc2Cl)CCCN(c2cc(F)c(S(=O)(=O)Nc3ccncn3)c(F)c2)C1. The third kappa shape index (κ3) is 6.47. The Balaban J connectivity index is 1.56. The first-order chi connectivity index (χ1) is 18.7. The number of nitrogens with one attached hydrogen (secondary N) is 1. The molecule has 1 N–H and O–H groups in total. The second-order valence-electron chi connectivity index (χ2n) is 9.89. The molecular weight excluding hydrogens is 577 g/mol. The Kier molecular flexibility index (Phi) is 8.57. The fourth-order valence-electron chi connectivity index (χ4n) is 4.94. The lowest BCUT2D eigenvalue weighted by molar-refractivity contribution is -0.137. The smallest absolute Gasteiger partial charge is 0.370 e. The van der Waals surface area contributed by atoms with E-state index in [-0.39, 0.29) is 16.5 Å². The van der Waals surface area contributed by atoms with Crippen LogP contribution in [-0.4, -0.2) is 56.0 Å². The van der Waals surface area contributed by atoms with Crippen LogP contribution in [0.15, 0.2) is 53.8 Å². The summed E-state index contributed by atoms with van der Waals surface area (Å²) in [4.78, 5) is 10.0. The first-order valence-electron chi connectivity index (χ1n) is 12.3. The van der Waals surface area contributed by atoms with Gasteiger partial charge >= 0.3 is 6.18 Å². The second kappa shape index (κ2) is 11.5. The van der Waals surface area contributed by atoms with Gasteiger partial charge in [0.1, 0.15) is 23.8 Å². The zero-order valence-electron chi connectivity index (χ0n) is 21.6. The minimum Gasteiger partial charge on any atom is -0.370 e. The number of rotatable bonds is 8. The highest BCUT2D eigenvalue weighted by Gasteiger charge is 2.38. The van der Waals surface area contributed by atoms with Crippen molar-refractivity contribution in [2.45, 2.75) is 42.3 Å². The van der Waals surface area contributed by atoms with Crippen LogP contribution >= 0.6 is 11.6 Å². The molecule has 2 heterocycles. The molecule has 4 rings (SSSR count). The maximum absolute atomic E-state index is 15.1. The molecule has 1 atom stereocenters. The zero-order chi connectivity index (χ0) is 29.3. The first-order valence-corrected chi connectivity index (χ1v) is 14.1. The van der Waals surface area contributed by atoms with E-state index in [4.69, 9.17) is 11.6 Å².